The molecule has 5 nitrogen and oxygen atoms in total. The number of carbonyl (C=O) groups excluding carboxylic acids is 1. The third-order valence-corrected chi connectivity index (χ3v) is 7.66. The number of halogens is 2. The lowest BCUT2D eigenvalue weighted by Gasteiger charge is -2.18. The number of benzene rings is 2. The van der Waals surface area contributed by atoms with Gasteiger partial charge in [-0.15, -0.1) is 11.3 Å². The van der Waals surface area contributed by atoms with Crippen molar-refractivity contribution >= 4 is 60.5 Å². The van der Waals surface area contributed by atoms with Gasteiger partial charge in [0, 0.05) is 10.7 Å². The molecule has 0 aliphatic heterocycles. The highest BCUT2D eigenvalue weighted by Crippen LogP contribution is 2.26. The fourth-order valence-electron chi connectivity index (χ4n) is 2.49. The molecule has 9 heteroatoms. The first-order chi connectivity index (χ1) is 13.3. The topological polar surface area (TPSA) is 75.3 Å². The van der Waals surface area contributed by atoms with Crippen molar-refractivity contribution in [2.45, 2.75) is 16.7 Å². The van der Waals surface area contributed by atoms with E-state index in [-0.39, 0.29) is 10.6 Å². The summed E-state index contributed by atoms with van der Waals surface area (Å²) in [6, 6.07) is 18.0. The number of rotatable bonds is 7. The van der Waals surface area contributed by atoms with Crippen LogP contribution in [0.5, 0.6) is 0 Å². The van der Waals surface area contributed by atoms with Crippen LogP contribution in [0.3, 0.4) is 0 Å². The standard InChI is InChI=1S/C19H16BrClN2O3S2/c20-17-10-11-18(27-17)28(25,26)23-16(12-13-4-2-1-3-5-13)19(24)22-15-8-6-14(21)7-9-15/h1-11,16,23H,12H2,(H,22,24)/t16-/m0/s1. The molecule has 1 aromatic heterocycles. The van der Waals surface area contributed by atoms with Crippen LogP contribution in [0.4, 0.5) is 5.69 Å². The van der Waals surface area contributed by atoms with Gasteiger partial charge in [0.2, 0.25) is 5.91 Å². The zero-order valence-electron chi connectivity index (χ0n) is 14.4. The molecular formula is C19H16BrClN2O3S2. The lowest BCUT2D eigenvalue weighted by molar-refractivity contribution is -0.117. The number of hydrogen-bond acceptors (Lipinski definition) is 4. The number of hydrogen-bond donors (Lipinski definition) is 2. The van der Waals surface area contributed by atoms with Crippen LogP contribution in [0.15, 0.2) is 74.7 Å². The van der Waals surface area contributed by atoms with E-state index in [0.29, 0.717) is 14.5 Å². The molecule has 3 aromatic rings. The van der Waals surface area contributed by atoms with Gasteiger partial charge in [0.1, 0.15) is 10.3 Å². The number of nitrogens with one attached hydrogen (secondary N) is 2. The molecule has 28 heavy (non-hydrogen) atoms. The molecule has 0 radical (unpaired) electrons. The van der Waals surface area contributed by atoms with Crippen molar-refractivity contribution in [2.75, 3.05) is 5.32 Å². The highest BCUT2D eigenvalue weighted by molar-refractivity contribution is 9.11. The summed E-state index contributed by atoms with van der Waals surface area (Å²) in [7, 11) is -3.85. The summed E-state index contributed by atoms with van der Waals surface area (Å²) in [5.74, 6) is -0.453. The third kappa shape index (κ3) is 5.65. The summed E-state index contributed by atoms with van der Waals surface area (Å²) in [6.07, 6.45) is 0.214. The van der Waals surface area contributed by atoms with Gasteiger partial charge in [-0.2, -0.15) is 4.72 Å². The van der Waals surface area contributed by atoms with E-state index in [1.807, 2.05) is 30.3 Å². The van der Waals surface area contributed by atoms with Gasteiger partial charge in [-0.3, -0.25) is 4.79 Å². The first kappa shape index (κ1) is 21.0. The second-order valence-electron chi connectivity index (χ2n) is 5.92. The van der Waals surface area contributed by atoms with Gasteiger partial charge in [0.05, 0.1) is 3.79 Å². The SMILES string of the molecule is O=C(Nc1ccc(Cl)cc1)[C@H](Cc1ccccc1)NS(=O)(=O)c1ccc(Br)s1. The van der Waals surface area contributed by atoms with E-state index in [1.165, 1.54) is 6.07 Å². The third-order valence-electron chi connectivity index (χ3n) is 3.82. The molecule has 1 amide bonds. The van der Waals surface area contributed by atoms with Crippen LogP contribution in [0.25, 0.3) is 0 Å². The van der Waals surface area contributed by atoms with E-state index >= 15 is 0 Å². The van der Waals surface area contributed by atoms with Crippen molar-refractivity contribution in [3.8, 4) is 0 Å². The maximum atomic E-state index is 12.8. The smallest absolute Gasteiger partial charge is 0.250 e. The Morgan fingerprint density at radius 3 is 2.32 bits per heavy atom. The number of thiophene rings is 1. The second-order valence-corrected chi connectivity index (χ2v) is 10.8. The van der Waals surface area contributed by atoms with E-state index in [9.17, 15) is 13.2 Å². The van der Waals surface area contributed by atoms with Gasteiger partial charge in [0.15, 0.2) is 0 Å². The summed E-state index contributed by atoms with van der Waals surface area (Å²) in [4.78, 5) is 12.8. The Morgan fingerprint density at radius 2 is 1.71 bits per heavy atom. The van der Waals surface area contributed by atoms with Gasteiger partial charge in [-0.25, -0.2) is 8.42 Å². The molecule has 2 N–H and O–H groups in total. The van der Waals surface area contributed by atoms with Crippen LogP contribution >= 0.6 is 38.9 Å². The maximum absolute atomic E-state index is 12.8. The molecule has 146 valence electrons. The van der Waals surface area contributed by atoms with Crippen molar-refractivity contribution in [2.24, 2.45) is 0 Å². The summed E-state index contributed by atoms with van der Waals surface area (Å²) in [5.41, 5.74) is 1.37. The average molecular weight is 500 g/mol. The molecule has 2 aromatic carbocycles. The Morgan fingerprint density at radius 1 is 1.04 bits per heavy atom. The van der Waals surface area contributed by atoms with Crippen LogP contribution in [0, 0.1) is 0 Å². The summed E-state index contributed by atoms with van der Waals surface area (Å²) < 4.78 is 28.8. The van der Waals surface area contributed by atoms with E-state index < -0.39 is 22.0 Å². The monoisotopic (exact) mass is 498 g/mol. The molecule has 1 atom stereocenters. The molecule has 0 unspecified atom stereocenters. The minimum Gasteiger partial charge on any atom is -0.325 e. The first-order valence-corrected chi connectivity index (χ1v) is 11.7. The van der Waals surface area contributed by atoms with Crippen LogP contribution < -0.4 is 10.0 Å². The van der Waals surface area contributed by atoms with Gasteiger partial charge in [0.25, 0.3) is 10.0 Å². The zero-order valence-corrected chi connectivity index (χ0v) is 18.4. The molecule has 0 aliphatic rings. The Balaban J connectivity index is 1.83. The lowest BCUT2D eigenvalue weighted by atomic mass is 10.1. The summed E-state index contributed by atoms with van der Waals surface area (Å²) in [5, 5.41) is 3.28. The van der Waals surface area contributed by atoms with E-state index in [4.69, 9.17) is 11.6 Å². The Hall–Kier alpha value is -1.71. The predicted molar refractivity (Wildman–Crippen MR) is 116 cm³/mol. The average Bonchev–Trinajstić information content (AvgIpc) is 3.11. The van der Waals surface area contributed by atoms with E-state index in [2.05, 4.69) is 26.0 Å². The quantitative estimate of drug-likeness (QED) is 0.495. The second kappa shape index (κ2) is 9.19. The Bertz CT molecular complexity index is 1050. The highest BCUT2D eigenvalue weighted by atomic mass is 79.9. The number of amides is 1. The molecule has 3 rings (SSSR count). The van der Waals surface area contributed by atoms with Gasteiger partial charge >= 0.3 is 0 Å². The summed E-state index contributed by atoms with van der Waals surface area (Å²) >= 11 is 10.2. The fraction of sp³-hybridized carbons (Fsp3) is 0.105. The maximum Gasteiger partial charge on any atom is 0.250 e. The minimum absolute atomic E-state index is 0.136. The van der Waals surface area contributed by atoms with E-state index in [0.717, 1.165) is 16.9 Å². The molecule has 0 fully saturated rings. The molecular weight excluding hydrogens is 484 g/mol. The largest absolute Gasteiger partial charge is 0.325 e. The lowest BCUT2D eigenvalue weighted by Crippen LogP contribution is -2.45. The number of carbonyl (C=O) groups is 1. The molecule has 1 heterocycles. The van der Waals surface area contributed by atoms with E-state index in [1.54, 1.807) is 30.3 Å². The van der Waals surface area contributed by atoms with Gasteiger partial charge in [-0.05, 0) is 64.3 Å². The van der Waals surface area contributed by atoms with Crippen molar-refractivity contribution < 1.29 is 13.2 Å². The number of sulfonamides is 1. The number of anilines is 1. The predicted octanol–water partition coefficient (Wildman–Crippen LogP) is 4.69. The van der Waals surface area contributed by atoms with Crippen LogP contribution in [0.1, 0.15) is 5.56 Å². The van der Waals surface area contributed by atoms with Crippen LogP contribution in [0.2, 0.25) is 5.02 Å². The normalized spacial score (nSPS) is 12.5. The zero-order chi connectivity index (χ0) is 20.1. The fourth-order valence-corrected chi connectivity index (χ4v) is 5.84. The van der Waals surface area contributed by atoms with Crippen molar-refractivity contribution in [1.29, 1.82) is 0 Å². The molecule has 0 saturated heterocycles. The van der Waals surface area contributed by atoms with Crippen molar-refractivity contribution in [3.63, 3.8) is 0 Å². The van der Waals surface area contributed by atoms with Gasteiger partial charge < -0.3 is 5.32 Å². The van der Waals surface area contributed by atoms with Crippen LogP contribution in [-0.2, 0) is 21.2 Å². The van der Waals surface area contributed by atoms with Crippen LogP contribution in [-0.4, -0.2) is 20.4 Å². The van der Waals surface area contributed by atoms with Crippen molar-refractivity contribution in [1.82, 2.24) is 4.72 Å². The molecule has 0 spiro atoms. The Labute approximate surface area is 180 Å². The summed E-state index contributed by atoms with van der Waals surface area (Å²) in [6.45, 7) is 0. The van der Waals surface area contributed by atoms with Gasteiger partial charge in [-0.1, -0.05) is 41.9 Å². The Kier molecular flexibility index (Phi) is 6.90. The van der Waals surface area contributed by atoms with Crippen molar-refractivity contribution in [3.05, 3.63) is 81.1 Å². The molecule has 0 bridgehead atoms. The highest BCUT2D eigenvalue weighted by Gasteiger charge is 2.27. The first-order valence-electron chi connectivity index (χ1n) is 8.21. The molecule has 0 aliphatic carbocycles. The minimum atomic E-state index is -3.85. The molecule has 0 saturated carbocycles.